The Hall–Kier alpha value is -2.71. The molecular formula is C42H72N2O6. The van der Waals surface area contributed by atoms with E-state index in [1.54, 1.807) is 0 Å². The van der Waals surface area contributed by atoms with Gasteiger partial charge in [0.2, 0.25) is 0 Å². The van der Waals surface area contributed by atoms with Crippen LogP contribution in [0.2, 0.25) is 0 Å². The van der Waals surface area contributed by atoms with Gasteiger partial charge in [-0.1, -0.05) is 100.0 Å². The van der Waals surface area contributed by atoms with Crippen LogP contribution in [0.15, 0.2) is 48.6 Å². The highest BCUT2D eigenvalue weighted by molar-refractivity contribution is 5.91. The fourth-order valence-corrected chi connectivity index (χ4v) is 5.67. The Morgan fingerprint density at radius 2 is 1.06 bits per heavy atom. The van der Waals surface area contributed by atoms with Crippen LogP contribution >= 0.6 is 0 Å². The van der Waals surface area contributed by atoms with Gasteiger partial charge in [-0.25, -0.2) is 0 Å². The number of esters is 3. The maximum absolute atomic E-state index is 12.5. The van der Waals surface area contributed by atoms with Crippen molar-refractivity contribution in [2.24, 2.45) is 0 Å². The number of carbonyl (C=O) groups is 3. The van der Waals surface area contributed by atoms with Gasteiger partial charge in [0, 0.05) is 13.1 Å². The predicted molar refractivity (Wildman–Crippen MR) is 206 cm³/mol. The maximum atomic E-state index is 12.5. The first-order valence-corrected chi connectivity index (χ1v) is 19.9. The number of hydrogen-bond donors (Lipinski definition) is 1. The van der Waals surface area contributed by atoms with Crippen molar-refractivity contribution in [3.05, 3.63) is 48.6 Å². The third-order valence-corrected chi connectivity index (χ3v) is 8.65. The summed E-state index contributed by atoms with van der Waals surface area (Å²) in [5, 5.41) is 3.22. The van der Waals surface area contributed by atoms with Crippen molar-refractivity contribution in [2.45, 2.75) is 154 Å². The number of hydrogen-bond acceptors (Lipinski definition) is 8. The Kier molecular flexibility index (Phi) is 31.5. The number of cyclic esters (lactones) is 2. The molecule has 0 fully saturated rings. The minimum absolute atomic E-state index is 0.0393. The molecule has 1 heterocycles. The summed E-state index contributed by atoms with van der Waals surface area (Å²) in [5.74, 6) is -1.16. The molecule has 0 aromatic rings. The number of carbonyl (C=O) groups excluding carboxylic acids is 3. The summed E-state index contributed by atoms with van der Waals surface area (Å²) in [5.41, 5.74) is 0. The van der Waals surface area contributed by atoms with E-state index in [0.717, 1.165) is 90.1 Å². The molecule has 0 atom stereocenters. The standard InChI is InChI=1S/C42H72N2O6/c1-44(2)34-33-43-38-42(47)50-39-31-27-23-19-15-11-7-3-5-9-13-17-21-25-29-35-48-40(45)37-41(46)49-36-30-26-22-18-14-10-6-4-8-12-16-20-24-28-32-39/h5-6,9-10,17-18,21-22,39,43H,3-4,7-8,11-16,19-20,23-38H2,1-2H3/b9-5-,10-6-,21-17-,22-18-. The first kappa shape index (κ1) is 45.3. The summed E-state index contributed by atoms with van der Waals surface area (Å²) >= 11 is 0. The number of allylic oxidation sites excluding steroid dienone is 8. The van der Waals surface area contributed by atoms with Crippen molar-refractivity contribution >= 4 is 17.9 Å². The van der Waals surface area contributed by atoms with Gasteiger partial charge in [0.25, 0.3) is 0 Å². The Morgan fingerprint density at radius 1 is 0.640 bits per heavy atom. The lowest BCUT2D eigenvalue weighted by molar-refractivity contribution is -0.154. The topological polar surface area (TPSA) is 94.2 Å². The number of nitrogens with one attached hydrogen (secondary N) is 1. The summed E-state index contributed by atoms with van der Waals surface area (Å²) in [6.45, 7) is 2.61. The summed E-state index contributed by atoms with van der Waals surface area (Å²) < 4.78 is 16.3. The van der Waals surface area contributed by atoms with Crippen molar-refractivity contribution in [2.75, 3.05) is 46.9 Å². The van der Waals surface area contributed by atoms with E-state index in [-0.39, 0.29) is 25.0 Å². The zero-order valence-electron chi connectivity index (χ0n) is 31.9. The zero-order valence-corrected chi connectivity index (χ0v) is 31.9. The number of ether oxygens (including phenoxy) is 3. The molecular weight excluding hydrogens is 628 g/mol. The Labute approximate surface area is 305 Å². The monoisotopic (exact) mass is 701 g/mol. The molecule has 8 nitrogen and oxygen atoms in total. The Morgan fingerprint density at radius 3 is 1.52 bits per heavy atom. The molecule has 1 rings (SSSR count). The summed E-state index contributed by atoms with van der Waals surface area (Å²) in [6.07, 6.45) is 40.9. The van der Waals surface area contributed by atoms with Gasteiger partial charge in [-0.2, -0.15) is 0 Å². The minimum atomic E-state index is -0.519. The normalized spacial score (nSPS) is 22.5. The number of rotatable bonds is 6. The molecule has 0 bridgehead atoms. The van der Waals surface area contributed by atoms with Crippen LogP contribution in [0, 0.1) is 0 Å². The fourth-order valence-electron chi connectivity index (χ4n) is 5.67. The quantitative estimate of drug-likeness (QED) is 0.0964. The van der Waals surface area contributed by atoms with Gasteiger partial charge >= 0.3 is 17.9 Å². The molecule has 1 N–H and O–H groups in total. The van der Waals surface area contributed by atoms with Crippen molar-refractivity contribution in [1.29, 1.82) is 0 Å². The average molecular weight is 701 g/mol. The molecule has 0 aliphatic carbocycles. The van der Waals surface area contributed by atoms with Gasteiger partial charge in [-0.15, -0.1) is 0 Å². The molecule has 0 amide bonds. The van der Waals surface area contributed by atoms with Gasteiger partial charge in [0.15, 0.2) is 0 Å². The second-order valence-corrected chi connectivity index (χ2v) is 13.7. The lowest BCUT2D eigenvalue weighted by Crippen LogP contribution is -2.33. The van der Waals surface area contributed by atoms with Crippen molar-refractivity contribution in [3.8, 4) is 0 Å². The van der Waals surface area contributed by atoms with E-state index in [1.807, 2.05) is 14.1 Å². The fraction of sp³-hybridized carbons (Fsp3) is 0.738. The minimum Gasteiger partial charge on any atom is -0.465 e. The molecule has 0 spiro atoms. The maximum Gasteiger partial charge on any atom is 0.320 e. The van der Waals surface area contributed by atoms with Crippen LogP contribution in [0.4, 0.5) is 0 Å². The van der Waals surface area contributed by atoms with E-state index in [0.29, 0.717) is 13.2 Å². The zero-order chi connectivity index (χ0) is 36.2. The van der Waals surface area contributed by atoms with Crippen LogP contribution in [0.25, 0.3) is 0 Å². The first-order chi connectivity index (χ1) is 24.5. The molecule has 0 saturated carbocycles. The molecule has 1 aliphatic heterocycles. The largest absolute Gasteiger partial charge is 0.465 e. The highest BCUT2D eigenvalue weighted by Gasteiger charge is 2.14. The molecule has 0 saturated heterocycles. The average Bonchev–Trinajstić information content (AvgIpc) is 3.08. The van der Waals surface area contributed by atoms with Crippen LogP contribution in [0.3, 0.4) is 0 Å². The summed E-state index contributed by atoms with van der Waals surface area (Å²) in [6, 6.07) is 0. The molecule has 50 heavy (non-hydrogen) atoms. The van der Waals surface area contributed by atoms with Crippen LogP contribution in [-0.4, -0.2) is 75.9 Å². The smallest absolute Gasteiger partial charge is 0.320 e. The second kappa shape index (κ2) is 34.7. The molecule has 286 valence electrons. The second-order valence-electron chi connectivity index (χ2n) is 13.7. The molecule has 8 heteroatoms. The van der Waals surface area contributed by atoms with Gasteiger partial charge in [0.1, 0.15) is 12.5 Å². The van der Waals surface area contributed by atoms with Crippen LogP contribution in [0.5, 0.6) is 0 Å². The highest BCUT2D eigenvalue weighted by atomic mass is 16.6. The molecule has 0 unspecified atom stereocenters. The molecule has 1 aliphatic rings. The van der Waals surface area contributed by atoms with E-state index in [1.165, 1.54) is 64.2 Å². The third kappa shape index (κ3) is 32.5. The van der Waals surface area contributed by atoms with Gasteiger partial charge < -0.3 is 24.4 Å². The van der Waals surface area contributed by atoms with Gasteiger partial charge in [-0.05, 0) is 104 Å². The van der Waals surface area contributed by atoms with E-state index >= 15 is 0 Å². The number of likely N-dealkylation sites (N-methyl/N-ethyl adjacent to an activating group) is 1. The van der Waals surface area contributed by atoms with Crippen LogP contribution < -0.4 is 5.32 Å². The van der Waals surface area contributed by atoms with Crippen molar-refractivity contribution < 1.29 is 28.6 Å². The van der Waals surface area contributed by atoms with Crippen LogP contribution in [0.1, 0.15) is 148 Å². The summed E-state index contributed by atoms with van der Waals surface area (Å²) in [7, 11) is 4.07. The third-order valence-electron chi connectivity index (χ3n) is 8.65. The molecule has 0 aromatic carbocycles. The lowest BCUT2D eigenvalue weighted by Gasteiger charge is -2.18. The molecule has 0 aromatic heterocycles. The van der Waals surface area contributed by atoms with E-state index in [2.05, 4.69) is 58.8 Å². The van der Waals surface area contributed by atoms with Crippen molar-refractivity contribution in [3.63, 3.8) is 0 Å². The predicted octanol–water partition coefficient (Wildman–Crippen LogP) is 9.35. The van der Waals surface area contributed by atoms with Gasteiger partial charge in [-0.3, -0.25) is 14.4 Å². The van der Waals surface area contributed by atoms with E-state index in [9.17, 15) is 14.4 Å². The van der Waals surface area contributed by atoms with E-state index in [4.69, 9.17) is 14.2 Å². The Bertz CT molecular complexity index is 898. The highest BCUT2D eigenvalue weighted by Crippen LogP contribution is 2.17. The Balaban J connectivity index is 2.45. The lowest BCUT2D eigenvalue weighted by atomic mass is 10.0. The SMILES string of the molecule is CN(C)CCNCC(=O)OC1CCCCCCCC/C=C\C/C=C\CCCOC(=O)CC(=O)OCCC/C=C\C/C=C\CCCCCCCC1. The van der Waals surface area contributed by atoms with Crippen LogP contribution in [-0.2, 0) is 28.6 Å². The summed E-state index contributed by atoms with van der Waals surface area (Å²) in [4.78, 5) is 38.4. The molecule has 0 radical (unpaired) electrons. The van der Waals surface area contributed by atoms with E-state index < -0.39 is 11.9 Å². The van der Waals surface area contributed by atoms with Crippen molar-refractivity contribution in [1.82, 2.24) is 10.2 Å². The number of nitrogens with zero attached hydrogens (tertiary/aromatic N) is 1. The van der Waals surface area contributed by atoms with Gasteiger partial charge in [0.05, 0.1) is 19.8 Å². The first-order valence-electron chi connectivity index (χ1n) is 19.9.